The molecule has 0 aliphatic carbocycles. The van der Waals surface area contributed by atoms with E-state index in [-0.39, 0.29) is 12.5 Å². The van der Waals surface area contributed by atoms with Crippen LogP contribution in [0.25, 0.3) is 0 Å². The lowest BCUT2D eigenvalue weighted by molar-refractivity contribution is -0.302. The number of rotatable bonds is 47. The molecule has 0 aromatic heterocycles. The largest absolute Gasteiger partial charge is 0.394 e. The first kappa shape index (κ1) is 66.6. The van der Waals surface area contributed by atoms with E-state index in [1.165, 1.54) is 70.6 Å². The molecule has 1 aliphatic rings. The number of hydrogen-bond donors (Lipinski definition) is 6. The average Bonchev–Trinajstić information content (AvgIpc) is 3.38. The third-order valence-corrected chi connectivity index (χ3v) is 12.8. The molecule has 1 heterocycles. The second kappa shape index (κ2) is 51.1. The van der Waals surface area contributed by atoms with Gasteiger partial charge in [-0.15, -0.1) is 0 Å². The number of hydrogen-bond acceptors (Lipinski definition) is 8. The molecule has 1 amide bonds. The predicted octanol–water partition coefficient (Wildman–Crippen LogP) is 14.3. The van der Waals surface area contributed by atoms with Crippen molar-refractivity contribution in [2.75, 3.05) is 13.2 Å². The van der Waals surface area contributed by atoms with Crippen LogP contribution in [-0.2, 0) is 14.3 Å². The maximum Gasteiger partial charge on any atom is 0.220 e. The van der Waals surface area contributed by atoms with Gasteiger partial charge in [0.2, 0.25) is 5.91 Å². The first-order chi connectivity index (χ1) is 35.3. The lowest BCUT2D eigenvalue weighted by Crippen LogP contribution is -2.60. The molecule has 0 radical (unpaired) electrons. The summed E-state index contributed by atoms with van der Waals surface area (Å²) >= 11 is 0. The standard InChI is InChI=1S/C63H105NO8/c1-3-5-7-9-11-13-15-17-19-20-21-22-23-24-25-26-27-28-29-30-31-32-33-34-35-36-37-38-39-41-43-45-47-49-51-53-59(67)64-56(55-71-63-62(70)61(69)60(68)58(54-65)72-63)57(66)52-50-48-46-44-42-40-18-16-14-12-10-8-6-4-2/h5,7,11,13,17,19,21-22,24-25,27-28,30-31,33-34,36-37,39,41,56-58,60-63,65-66,68-70H,3-4,6,8-10,12,14-16,18,20,23,26,29,32,35,38,40,42-55H2,1-2H3,(H,64,67)/b7-5-,13-11-,19-17-,22-21-,25-24-,28-27-,31-30-,34-33-,37-36-,41-39-. The second-order valence-corrected chi connectivity index (χ2v) is 19.4. The topological polar surface area (TPSA) is 149 Å². The molecule has 1 fully saturated rings. The minimum absolute atomic E-state index is 0.156. The number of aliphatic hydroxyl groups excluding tert-OH is 5. The lowest BCUT2D eigenvalue weighted by atomic mass is 9.99. The van der Waals surface area contributed by atoms with Crippen LogP contribution in [0.1, 0.15) is 213 Å². The normalized spacial score (nSPS) is 20.1. The van der Waals surface area contributed by atoms with Gasteiger partial charge < -0.3 is 40.3 Å². The van der Waals surface area contributed by atoms with Crippen LogP contribution in [0.15, 0.2) is 122 Å². The molecule has 1 rings (SSSR count). The molecule has 1 aliphatic heterocycles. The number of amides is 1. The SMILES string of the molecule is CC/C=C\C/C=C\C/C=C\C/C=C\C/C=C\C/C=C\C/C=C\C/C=C\C/C=C\C/C=C\CCCCCCC(=O)NC(COC1OC(CO)C(O)C(O)C1O)C(O)CCCCCCCCCCCCCCCC. The van der Waals surface area contributed by atoms with E-state index < -0.39 is 49.5 Å². The molecule has 7 atom stereocenters. The average molecular weight is 1000 g/mol. The molecule has 1 saturated heterocycles. The molecule has 7 unspecified atom stereocenters. The number of ether oxygens (including phenoxy) is 2. The van der Waals surface area contributed by atoms with Gasteiger partial charge in [-0.05, 0) is 89.9 Å². The molecule has 0 bridgehead atoms. The van der Waals surface area contributed by atoms with Gasteiger partial charge in [0.1, 0.15) is 24.4 Å². The highest BCUT2D eigenvalue weighted by Gasteiger charge is 2.44. The van der Waals surface area contributed by atoms with Crippen molar-refractivity contribution in [1.82, 2.24) is 5.32 Å². The van der Waals surface area contributed by atoms with Crippen molar-refractivity contribution in [3.8, 4) is 0 Å². The van der Waals surface area contributed by atoms with E-state index in [1.54, 1.807) is 0 Å². The number of carbonyl (C=O) groups is 1. The van der Waals surface area contributed by atoms with Gasteiger partial charge in [0, 0.05) is 6.42 Å². The Kier molecular flexibility index (Phi) is 47.3. The summed E-state index contributed by atoms with van der Waals surface area (Å²) in [7, 11) is 0. The zero-order chi connectivity index (χ0) is 52.2. The van der Waals surface area contributed by atoms with Crippen molar-refractivity contribution in [3.05, 3.63) is 122 Å². The molecule has 410 valence electrons. The minimum atomic E-state index is -1.57. The van der Waals surface area contributed by atoms with Crippen LogP contribution >= 0.6 is 0 Å². The van der Waals surface area contributed by atoms with E-state index >= 15 is 0 Å². The van der Waals surface area contributed by atoms with Crippen molar-refractivity contribution in [2.45, 2.75) is 256 Å². The van der Waals surface area contributed by atoms with Crippen LogP contribution < -0.4 is 5.32 Å². The first-order valence-corrected chi connectivity index (χ1v) is 28.7. The summed E-state index contributed by atoms with van der Waals surface area (Å²) in [5, 5.41) is 54.6. The molecule has 6 N–H and O–H groups in total. The van der Waals surface area contributed by atoms with E-state index in [9.17, 15) is 30.3 Å². The second-order valence-electron chi connectivity index (χ2n) is 19.4. The van der Waals surface area contributed by atoms with Crippen molar-refractivity contribution in [2.24, 2.45) is 0 Å². The summed E-state index contributed by atoms with van der Waals surface area (Å²) in [5.74, 6) is -0.174. The highest BCUT2D eigenvalue weighted by atomic mass is 16.7. The van der Waals surface area contributed by atoms with Gasteiger partial charge in [-0.3, -0.25) is 4.79 Å². The van der Waals surface area contributed by atoms with Crippen LogP contribution in [0.4, 0.5) is 0 Å². The Morgan fingerprint density at radius 2 is 0.861 bits per heavy atom. The van der Waals surface area contributed by atoms with E-state index in [1.807, 2.05) is 0 Å². The molecule has 0 spiro atoms. The summed E-state index contributed by atoms with van der Waals surface area (Å²) in [6.07, 6.45) is 69.3. The predicted molar refractivity (Wildman–Crippen MR) is 304 cm³/mol. The van der Waals surface area contributed by atoms with E-state index in [4.69, 9.17) is 9.47 Å². The zero-order valence-electron chi connectivity index (χ0n) is 45.4. The van der Waals surface area contributed by atoms with Crippen molar-refractivity contribution in [3.63, 3.8) is 0 Å². The van der Waals surface area contributed by atoms with Gasteiger partial charge in [-0.25, -0.2) is 0 Å². The molecule has 0 aromatic rings. The van der Waals surface area contributed by atoms with Crippen LogP contribution in [-0.4, -0.2) is 87.5 Å². The highest BCUT2D eigenvalue weighted by molar-refractivity contribution is 5.76. The minimum Gasteiger partial charge on any atom is -0.394 e. The summed E-state index contributed by atoms with van der Waals surface area (Å²) in [5.41, 5.74) is 0. The fraction of sp³-hybridized carbons (Fsp3) is 0.667. The van der Waals surface area contributed by atoms with Crippen molar-refractivity contribution >= 4 is 5.91 Å². The summed E-state index contributed by atoms with van der Waals surface area (Å²) in [6.45, 7) is 3.69. The van der Waals surface area contributed by atoms with Gasteiger partial charge in [-0.2, -0.15) is 0 Å². The van der Waals surface area contributed by atoms with Crippen molar-refractivity contribution in [1.29, 1.82) is 0 Å². The highest BCUT2D eigenvalue weighted by Crippen LogP contribution is 2.23. The smallest absolute Gasteiger partial charge is 0.220 e. The molecule has 9 nitrogen and oxygen atoms in total. The Morgan fingerprint density at radius 1 is 0.486 bits per heavy atom. The van der Waals surface area contributed by atoms with Crippen molar-refractivity contribution < 1.29 is 39.8 Å². The molecule has 0 aromatic carbocycles. The Balaban J connectivity index is 2.22. The monoisotopic (exact) mass is 1000 g/mol. The number of carbonyl (C=O) groups excluding carboxylic acids is 1. The maximum absolute atomic E-state index is 13.0. The van der Waals surface area contributed by atoms with Gasteiger partial charge in [-0.1, -0.05) is 238 Å². The van der Waals surface area contributed by atoms with E-state index in [2.05, 4.69) is 141 Å². The third-order valence-electron chi connectivity index (χ3n) is 12.8. The lowest BCUT2D eigenvalue weighted by Gasteiger charge is -2.40. The number of allylic oxidation sites excluding steroid dienone is 20. The quantitative estimate of drug-likeness (QED) is 0.0261. The fourth-order valence-electron chi connectivity index (χ4n) is 8.31. The Hall–Kier alpha value is -3.41. The Morgan fingerprint density at radius 3 is 1.28 bits per heavy atom. The van der Waals surface area contributed by atoms with Gasteiger partial charge in [0.25, 0.3) is 0 Å². The number of aliphatic hydroxyl groups is 5. The maximum atomic E-state index is 13.0. The summed E-state index contributed by atoms with van der Waals surface area (Å²) in [6, 6.07) is -0.741. The molecule has 72 heavy (non-hydrogen) atoms. The van der Waals surface area contributed by atoms with Gasteiger partial charge in [0.15, 0.2) is 6.29 Å². The van der Waals surface area contributed by atoms with Crippen LogP contribution in [0, 0.1) is 0 Å². The molecular weight excluding hydrogens is 899 g/mol. The zero-order valence-corrected chi connectivity index (χ0v) is 45.4. The third kappa shape index (κ3) is 40.0. The summed E-state index contributed by atoms with van der Waals surface area (Å²) < 4.78 is 11.3. The Bertz CT molecular complexity index is 1540. The van der Waals surface area contributed by atoms with E-state index in [0.717, 1.165) is 116 Å². The number of nitrogens with one attached hydrogen (secondary N) is 1. The Labute approximate surface area is 439 Å². The molecule has 9 heteroatoms. The van der Waals surface area contributed by atoms with Gasteiger partial charge in [0.05, 0.1) is 25.4 Å². The van der Waals surface area contributed by atoms with Crippen LogP contribution in [0.5, 0.6) is 0 Å². The van der Waals surface area contributed by atoms with Crippen LogP contribution in [0.3, 0.4) is 0 Å². The fourth-order valence-corrected chi connectivity index (χ4v) is 8.31. The summed E-state index contributed by atoms with van der Waals surface area (Å²) in [4.78, 5) is 13.0. The molecular formula is C63H105NO8. The van der Waals surface area contributed by atoms with E-state index in [0.29, 0.717) is 12.8 Å². The number of unbranched alkanes of at least 4 members (excludes halogenated alkanes) is 17. The van der Waals surface area contributed by atoms with Crippen LogP contribution in [0.2, 0.25) is 0 Å². The van der Waals surface area contributed by atoms with Gasteiger partial charge >= 0.3 is 0 Å². The molecule has 0 saturated carbocycles. The first-order valence-electron chi connectivity index (χ1n) is 28.7.